The summed E-state index contributed by atoms with van der Waals surface area (Å²) in [4.78, 5) is 26.0. The van der Waals surface area contributed by atoms with Gasteiger partial charge in [0.05, 0.1) is 0 Å². The smallest absolute Gasteiger partial charge is 0.329 e. The van der Waals surface area contributed by atoms with Crippen LogP contribution in [0.15, 0.2) is 0 Å². The van der Waals surface area contributed by atoms with Crippen LogP contribution in [0.5, 0.6) is 0 Å². The number of hydrogen-bond donors (Lipinski definition) is 0. The fraction of sp³-hybridized carbons (Fsp3) is 0.875. The molecule has 1 aliphatic rings. The molecule has 1 heterocycles. The van der Waals surface area contributed by atoms with E-state index in [9.17, 15) is 9.59 Å². The first-order valence-electron chi connectivity index (χ1n) is 7.77. The fourth-order valence-corrected chi connectivity index (χ4v) is 2.68. The van der Waals surface area contributed by atoms with E-state index in [0.29, 0.717) is 18.9 Å². The van der Waals surface area contributed by atoms with Crippen molar-refractivity contribution in [1.29, 1.82) is 0 Å². The van der Waals surface area contributed by atoms with Crippen LogP contribution < -0.4 is 0 Å². The second-order valence-electron chi connectivity index (χ2n) is 6.78. The normalized spacial score (nSPS) is 22.4. The Labute approximate surface area is 122 Å². The third kappa shape index (κ3) is 5.14. The lowest BCUT2D eigenvalue weighted by molar-refractivity contribution is -0.163. The number of nitrogens with zero attached hydrogens (tertiary/aromatic N) is 1. The second-order valence-corrected chi connectivity index (χ2v) is 6.78. The van der Waals surface area contributed by atoms with Gasteiger partial charge in [0, 0.05) is 13.0 Å². The Morgan fingerprint density at radius 2 is 2.05 bits per heavy atom. The zero-order valence-electron chi connectivity index (χ0n) is 13.6. The van der Waals surface area contributed by atoms with Gasteiger partial charge in [-0.25, -0.2) is 4.79 Å². The highest BCUT2D eigenvalue weighted by atomic mass is 16.6. The minimum atomic E-state index is -0.509. The van der Waals surface area contributed by atoms with E-state index >= 15 is 0 Å². The van der Waals surface area contributed by atoms with Gasteiger partial charge in [0.1, 0.15) is 11.6 Å². The van der Waals surface area contributed by atoms with Crippen LogP contribution in [0, 0.1) is 5.92 Å². The van der Waals surface area contributed by atoms with Gasteiger partial charge in [-0.1, -0.05) is 19.8 Å². The second kappa shape index (κ2) is 7.09. The molecule has 2 atom stereocenters. The van der Waals surface area contributed by atoms with Gasteiger partial charge < -0.3 is 9.64 Å². The summed E-state index contributed by atoms with van der Waals surface area (Å²) in [6.45, 7) is 10.2. The molecular weight excluding hydrogens is 254 g/mol. The molecule has 0 aromatic carbocycles. The van der Waals surface area contributed by atoms with Crippen LogP contribution >= 0.6 is 0 Å². The maximum Gasteiger partial charge on any atom is 0.329 e. The summed E-state index contributed by atoms with van der Waals surface area (Å²) >= 11 is 0. The number of esters is 1. The largest absolute Gasteiger partial charge is 0.458 e. The Kier molecular flexibility index (Phi) is 6.03. The van der Waals surface area contributed by atoms with Crippen LogP contribution in [0.1, 0.15) is 66.7 Å². The highest BCUT2D eigenvalue weighted by Gasteiger charge is 2.31. The molecule has 1 rings (SSSR count). The summed E-state index contributed by atoms with van der Waals surface area (Å²) in [6, 6.07) is -0.484. The van der Waals surface area contributed by atoms with E-state index in [1.807, 2.05) is 20.8 Å². The third-order valence-electron chi connectivity index (χ3n) is 3.78. The van der Waals surface area contributed by atoms with E-state index in [4.69, 9.17) is 4.74 Å². The molecule has 0 saturated carbocycles. The average Bonchev–Trinajstić information content (AvgIpc) is 2.50. The van der Waals surface area contributed by atoms with Crippen molar-refractivity contribution >= 4 is 11.9 Å². The van der Waals surface area contributed by atoms with Crippen molar-refractivity contribution in [2.45, 2.75) is 78.4 Å². The molecule has 0 aliphatic carbocycles. The Morgan fingerprint density at radius 1 is 1.40 bits per heavy atom. The first-order valence-corrected chi connectivity index (χ1v) is 7.77. The Morgan fingerprint density at radius 3 is 2.60 bits per heavy atom. The monoisotopic (exact) mass is 283 g/mol. The molecule has 1 aliphatic heterocycles. The van der Waals surface area contributed by atoms with Crippen LogP contribution in [0.3, 0.4) is 0 Å². The van der Waals surface area contributed by atoms with Gasteiger partial charge in [-0.15, -0.1) is 0 Å². The van der Waals surface area contributed by atoms with Crippen LogP contribution in [0.25, 0.3) is 0 Å². The van der Waals surface area contributed by atoms with Gasteiger partial charge in [-0.3, -0.25) is 4.79 Å². The Hall–Kier alpha value is -1.06. The van der Waals surface area contributed by atoms with Gasteiger partial charge in [0.25, 0.3) is 0 Å². The van der Waals surface area contributed by atoms with Crippen LogP contribution in [0.2, 0.25) is 0 Å². The zero-order chi connectivity index (χ0) is 15.3. The van der Waals surface area contributed by atoms with Crippen molar-refractivity contribution < 1.29 is 14.3 Å². The lowest BCUT2D eigenvalue weighted by Gasteiger charge is -2.29. The molecule has 0 aromatic rings. The average molecular weight is 283 g/mol. The molecule has 0 bridgehead atoms. The topological polar surface area (TPSA) is 46.6 Å². The molecule has 1 fully saturated rings. The predicted molar refractivity (Wildman–Crippen MR) is 79.3 cm³/mol. The van der Waals surface area contributed by atoms with Crippen LogP contribution in [0.4, 0.5) is 0 Å². The van der Waals surface area contributed by atoms with Crippen LogP contribution in [-0.2, 0) is 14.3 Å². The van der Waals surface area contributed by atoms with Gasteiger partial charge >= 0.3 is 5.97 Å². The highest BCUT2D eigenvalue weighted by Crippen LogP contribution is 2.24. The molecular formula is C16H29NO3. The third-order valence-corrected chi connectivity index (χ3v) is 3.78. The lowest BCUT2D eigenvalue weighted by Crippen LogP contribution is -2.45. The molecule has 1 saturated heterocycles. The Bertz CT molecular complexity index is 346. The van der Waals surface area contributed by atoms with Crippen molar-refractivity contribution in [1.82, 2.24) is 4.90 Å². The molecule has 4 heteroatoms. The van der Waals surface area contributed by atoms with Gasteiger partial charge in [-0.05, 0) is 46.5 Å². The maximum atomic E-state index is 12.2. The first kappa shape index (κ1) is 17.0. The number of amides is 1. The summed E-state index contributed by atoms with van der Waals surface area (Å²) in [5, 5.41) is 0. The van der Waals surface area contributed by atoms with Crippen molar-refractivity contribution in [2.75, 3.05) is 6.54 Å². The van der Waals surface area contributed by atoms with Gasteiger partial charge in [0.15, 0.2) is 0 Å². The van der Waals surface area contributed by atoms with E-state index in [1.165, 1.54) is 6.42 Å². The number of hydrogen-bond acceptors (Lipinski definition) is 3. The molecule has 0 spiro atoms. The summed E-state index contributed by atoms with van der Waals surface area (Å²) in [6.07, 6.45) is 4.82. The molecule has 1 amide bonds. The number of ether oxygens (including phenoxy) is 1. The quantitative estimate of drug-likeness (QED) is 0.745. The predicted octanol–water partition coefficient (Wildman–Crippen LogP) is 3.15. The number of likely N-dealkylation sites (tertiary alicyclic amines) is 1. The summed E-state index contributed by atoms with van der Waals surface area (Å²) < 4.78 is 5.38. The van der Waals surface area contributed by atoms with E-state index in [-0.39, 0.29) is 11.9 Å². The van der Waals surface area contributed by atoms with Crippen molar-refractivity contribution in [3.05, 3.63) is 0 Å². The Balaban J connectivity index is 2.64. The molecule has 0 N–H and O–H groups in total. The van der Waals surface area contributed by atoms with Gasteiger partial charge in [0.2, 0.25) is 5.91 Å². The fourth-order valence-electron chi connectivity index (χ4n) is 2.68. The molecule has 0 aromatic heterocycles. The molecule has 2 unspecified atom stereocenters. The van der Waals surface area contributed by atoms with Crippen molar-refractivity contribution in [3.63, 3.8) is 0 Å². The minimum absolute atomic E-state index is 0.0852. The maximum absolute atomic E-state index is 12.2. The van der Waals surface area contributed by atoms with E-state index < -0.39 is 11.6 Å². The summed E-state index contributed by atoms with van der Waals surface area (Å²) in [5.74, 6) is 0.390. The SMILES string of the molecule is CCCC1CCC(=O)N(C(C)C(=O)OC(C)(C)C)CC1. The lowest BCUT2D eigenvalue weighted by atomic mass is 9.96. The van der Waals surface area contributed by atoms with Crippen LogP contribution in [-0.4, -0.2) is 35.0 Å². The van der Waals surface area contributed by atoms with Crippen molar-refractivity contribution in [3.8, 4) is 0 Å². The number of carbonyl (C=O) groups is 2. The number of carbonyl (C=O) groups excluding carboxylic acids is 2. The number of rotatable bonds is 4. The van der Waals surface area contributed by atoms with E-state index in [0.717, 1.165) is 19.3 Å². The molecule has 20 heavy (non-hydrogen) atoms. The minimum Gasteiger partial charge on any atom is -0.458 e. The summed E-state index contributed by atoms with van der Waals surface area (Å²) in [5.41, 5.74) is -0.509. The van der Waals surface area contributed by atoms with Gasteiger partial charge in [-0.2, -0.15) is 0 Å². The molecule has 0 radical (unpaired) electrons. The molecule has 4 nitrogen and oxygen atoms in total. The summed E-state index contributed by atoms with van der Waals surface area (Å²) in [7, 11) is 0. The zero-order valence-corrected chi connectivity index (χ0v) is 13.6. The van der Waals surface area contributed by atoms with Crippen molar-refractivity contribution in [2.24, 2.45) is 5.92 Å². The first-order chi connectivity index (χ1) is 9.24. The van der Waals surface area contributed by atoms with E-state index in [2.05, 4.69) is 6.92 Å². The van der Waals surface area contributed by atoms with E-state index in [1.54, 1.807) is 11.8 Å². The standard InChI is InChI=1S/C16H29NO3/c1-6-7-13-8-9-14(18)17(11-10-13)12(2)15(19)20-16(3,4)5/h12-13H,6-11H2,1-5H3. The highest BCUT2D eigenvalue weighted by molar-refractivity contribution is 5.84. The molecule has 116 valence electrons.